The third-order valence-electron chi connectivity index (χ3n) is 9.00. The van der Waals surface area contributed by atoms with Gasteiger partial charge < -0.3 is 40.4 Å². The molecular weight excluding hydrogens is 817 g/mol. The third-order valence-corrected chi connectivity index (χ3v) is 9.00. The van der Waals surface area contributed by atoms with E-state index in [2.05, 4.69) is 0 Å². The van der Waals surface area contributed by atoms with Crippen LogP contribution in [0.3, 0.4) is 0 Å². The van der Waals surface area contributed by atoms with Gasteiger partial charge in [-0.15, -0.1) is 44.2 Å². The third kappa shape index (κ3) is 8.18. The Labute approximate surface area is 301 Å². The maximum Gasteiger partial charge on any atom is 0.303 e. The largest absolute Gasteiger partial charge is 0.657 e. The second-order valence-electron chi connectivity index (χ2n) is 12.1. The van der Waals surface area contributed by atoms with Crippen LogP contribution in [-0.4, -0.2) is 44.3 Å². The molecule has 0 atom stereocenters. The number of nitrogens with zero attached hydrogens (tertiary/aromatic N) is 4. The summed E-state index contributed by atoms with van der Waals surface area (Å²) in [5, 5.41) is 40.1. The van der Waals surface area contributed by atoms with Crippen LogP contribution in [-0.2, 0) is 72.5 Å². The van der Waals surface area contributed by atoms with E-state index in [0.717, 1.165) is 44.5 Å². The Kier molecular flexibility index (Phi) is 11.6. The van der Waals surface area contributed by atoms with Crippen LogP contribution in [0.2, 0.25) is 0 Å². The van der Waals surface area contributed by atoms with Gasteiger partial charge in [0.2, 0.25) is 0 Å². The first kappa shape index (κ1) is 37.2. The molecule has 12 nitrogen and oxygen atoms in total. The van der Waals surface area contributed by atoms with Crippen molar-refractivity contribution in [3.63, 3.8) is 0 Å². The van der Waals surface area contributed by atoms with E-state index in [1.807, 2.05) is 27.7 Å². The molecular formula is C36H36HgN4O8-4. The number of hydrogen-bond acceptors (Lipinski definition) is 4. The van der Waals surface area contributed by atoms with Crippen molar-refractivity contribution in [1.29, 1.82) is 0 Å². The van der Waals surface area contributed by atoms with Gasteiger partial charge in [-0.05, 0) is 53.4 Å². The molecule has 4 N–H and O–H groups in total. The Morgan fingerprint density at radius 2 is 0.714 bits per heavy atom. The number of carbonyl (C=O) groups is 4. The van der Waals surface area contributed by atoms with Gasteiger partial charge in [0.25, 0.3) is 0 Å². The Bertz CT molecular complexity index is 2060. The van der Waals surface area contributed by atoms with Gasteiger partial charge in [-0.25, -0.2) is 0 Å². The van der Waals surface area contributed by atoms with Gasteiger partial charge in [0, 0.05) is 53.4 Å². The summed E-state index contributed by atoms with van der Waals surface area (Å²) in [6.45, 7) is 7.43. The Morgan fingerprint density at radius 3 is 1.02 bits per heavy atom. The van der Waals surface area contributed by atoms with Crippen molar-refractivity contribution in [3.8, 4) is 0 Å². The minimum atomic E-state index is -0.954. The van der Waals surface area contributed by atoms with Gasteiger partial charge in [-0.1, -0.05) is 68.8 Å². The first-order valence-corrected chi connectivity index (χ1v) is 15.6. The zero-order valence-electron chi connectivity index (χ0n) is 27.9. The zero-order valence-corrected chi connectivity index (χ0v) is 33.4. The Morgan fingerprint density at radius 1 is 0.429 bits per heavy atom. The van der Waals surface area contributed by atoms with Crippen molar-refractivity contribution < 1.29 is 67.3 Å². The van der Waals surface area contributed by atoms with Crippen LogP contribution < -0.4 is 41.3 Å². The minimum Gasteiger partial charge on any atom is -0.657 e. The fraction of sp³-hybridized carbons (Fsp3) is 0.333. The second kappa shape index (κ2) is 15.3. The molecule has 0 unspecified atom stereocenters. The van der Waals surface area contributed by atoms with Crippen LogP contribution in [0, 0.1) is 27.7 Å². The van der Waals surface area contributed by atoms with Crippen molar-refractivity contribution in [2.24, 2.45) is 0 Å². The molecule has 1 aliphatic heterocycles. The van der Waals surface area contributed by atoms with E-state index < -0.39 is 23.9 Å². The molecule has 8 bridgehead atoms. The molecule has 0 spiro atoms. The van der Waals surface area contributed by atoms with E-state index in [1.54, 1.807) is 24.3 Å². The van der Waals surface area contributed by atoms with Crippen LogP contribution in [0.25, 0.3) is 24.3 Å². The molecule has 0 amide bonds. The van der Waals surface area contributed by atoms with E-state index >= 15 is 0 Å². The molecule has 0 saturated carbocycles. The summed E-state index contributed by atoms with van der Waals surface area (Å²) in [4.78, 5) is 65.9. The van der Waals surface area contributed by atoms with Crippen LogP contribution in [0.4, 0.5) is 0 Å². The predicted molar refractivity (Wildman–Crippen MR) is 175 cm³/mol. The number of hydrogen-bond donors (Lipinski definition) is 4. The average Bonchev–Trinajstić information content (AvgIpc) is 3.66. The molecule has 49 heavy (non-hydrogen) atoms. The van der Waals surface area contributed by atoms with Gasteiger partial charge in [0.15, 0.2) is 0 Å². The molecule has 0 aromatic carbocycles. The second-order valence-corrected chi connectivity index (χ2v) is 12.1. The van der Waals surface area contributed by atoms with Crippen molar-refractivity contribution in [2.45, 2.75) is 79.1 Å². The number of aromatic nitrogens is 4. The summed E-state index contributed by atoms with van der Waals surface area (Å²) in [7, 11) is 0. The number of aliphatic carboxylic acids is 4. The zero-order chi connectivity index (χ0) is 34.9. The number of fused-ring (bicyclic) bond motifs is 8. The molecule has 5 rings (SSSR count). The summed E-state index contributed by atoms with van der Waals surface area (Å²) >= 11 is 0. The number of rotatable bonds is 12. The number of carboxylic acids is 4. The van der Waals surface area contributed by atoms with Crippen LogP contribution in [0.15, 0.2) is 0 Å². The monoisotopic (exact) mass is 854 g/mol. The average molecular weight is 853 g/mol. The summed E-state index contributed by atoms with van der Waals surface area (Å²) in [6.07, 6.45) is 7.54. The predicted octanol–water partition coefficient (Wildman–Crippen LogP) is 0.444. The quantitative estimate of drug-likeness (QED) is 0.126. The van der Waals surface area contributed by atoms with Crippen LogP contribution in [0.1, 0.15) is 93.0 Å². The maximum atomic E-state index is 11.6. The molecule has 254 valence electrons. The Hall–Kier alpha value is -4.58. The SMILES string of the molecule is Cc1c2[n-]c(c1CCC(=O)O)/C=c1\[n-]/c(c(CCC(=O)O)c1C)=C\c1[n-]c(c(CCC(=O)O)c1C)/C=c1\[n-]/c(c(CCC(=O)O)c1C)=C\2.[Hg]. The van der Waals surface area contributed by atoms with E-state index in [9.17, 15) is 39.6 Å². The minimum absolute atomic E-state index is 0. The van der Waals surface area contributed by atoms with Crippen LogP contribution in [0.5, 0.6) is 0 Å². The first-order chi connectivity index (χ1) is 22.7. The maximum absolute atomic E-state index is 11.6. The summed E-state index contributed by atoms with van der Waals surface area (Å²) in [6, 6.07) is 0. The van der Waals surface area contributed by atoms with Gasteiger partial charge >= 0.3 is 23.9 Å². The van der Waals surface area contributed by atoms with Crippen molar-refractivity contribution in [2.75, 3.05) is 0 Å². The summed E-state index contributed by atoms with van der Waals surface area (Å²) in [5.74, 6) is -3.82. The first-order valence-electron chi connectivity index (χ1n) is 15.6. The molecule has 1 aliphatic rings. The molecule has 0 aliphatic carbocycles. The molecule has 4 aromatic heterocycles. The number of carboxylic acid groups (broad SMARTS) is 4. The molecule has 13 heteroatoms. The summed E-state index contributed by atoms with van der Waals surface area (Å²) in [5.41, 5.74) is 8.16. The molecule has 0 saturated heterocycles. The molecule has 0 fully saturated rings. The molecule has 4 aromatic rings. The van der Waals surface area contributed by atoms with Crippen molar-refractivity contribution >= 4 is 48.2 Å². The molecule has 0 radical (unpaired) electrons. The van der Waals surface area contributed by atoms with E-state index in [4.69, 9.17) is 19.9 Å². The van der Waals surface area contributed by atoms with Gasteiger partial charge in [-0.3, -0.25) is 19.2 Å². The summed E-state index contributed by atoms with van der Waals surface area (Å²) < 4.78 is 0. The molecule has 5 heterocycles. The van der Waals surface area contributed by atoms with Gasteiger partial charge in [-0.2, -0.15) is 0 Å². The standard InChI is InChI=1S/C36H36N4O8.Hg/c1-17-21(5-9-33(41)42)29-14-26-19(3)23(7-11-35(45)46)31(39-26)16-28-20(4)24(8-12-36(47)48)32(40-28)15-27-18(2)22(6-10-34(43)44)30(38-27)13-25(17)37-29;/h13-16H,5-12H2,1-4H3,(H,41,42)(H,43,44)(H,45,46)(H,47,48);/q-4;/b25-13-,26-14?,27-15?,28-16-,29-14-,30-13?,31-16?,32-15-;. The van der Waals surface area contributed by atoms with Crippen LogP contribution >= 0.6 is 0 Å². The van der Waals surface area contributed by atoms with Crippen molar-refractivity contribution in [1.82, 2.24) is 19.9 Å². The fourth-order valence-corrected chi connectivity index (χ4v) is 6.26. The van der Waals surface area contributed by atoms with E-state index in [1.165, 1.54) is 0 Å². The normalized spacial score (nSPS) is 14.6. The topological polar surface area (TPSA) is 206 Å². The Balaban J connectivity index is 0.00000541. The van der Waals surface area contributed by atoms with Gasteiger partial charge in [0.1, 0.15) is 0 Å². The van der Waals surface area contributed by atoms with Gasteiger partial charge in [0.05, 0.1) is 0 Å². The van der Waals surface area contributed by atoms with E-state index in [-0.39, 0.29) is 79.0 Å². The van der Waals surface area contributed by atoms with E-state index in [0.29, 0.717) is 44.2 Å². The smallest absolute Gasteiger partial charge is 0.303 e. The van der Waals surface area contributed by atoms with Crippen molar-refractivity contribution in [3.05, 3.63) is 88.7 Å². The fourth-order valence-electron chi connectivity index (χ4n) is 6.26.